The first-order chi connectivity index (χ1) is 6.97. The molecule has 4 heteroatoms. The Kier molecular flexibility index (Phi) is 4.11. The number of nitrogens with one attached hydrogen (secondary N) is 1. The second-order valence-corrected chi connectivity index (χ2v) is 4.90. The topological polar surface area (TPSA) is 64.4 Å². The molecule has 1 fully saturated rings. The van der Waals surface area contributed by atoms with Gasteiger partial charge in [0.25, 0.3) is 0 Å². The molecule has 2 atom stereocenters. The van der Waals surface area contributed by atoms with Crippen molar-refractivity contribution < 1.29 is 9.53 Å². The largest absolute Gasteiger partial charge is 0.376 e. The van der Waals surface area contributed by atoms with Gasteiger partial charge in [0.2, 0.25) is 5.91 Å². The molecule has 1 saturated heterocycles. The van der Waals surface area contributed by atoms with Crippen LogP contribution in [-0.2, 0) is 9.53 Å². The molecular formula is C11H22N2O2. The predicted octanol–water partition coefficient (Wildman–Crippen LogP) is 0.655. The molecule has 1 amide bonds. The second-order valence-electron chi connectivity index (χ2n) is 4.90. The van der Waals surface area contributed by atoms with Crippen LogP contribution in [0.25, 0.3) is 0 Å². The van der Waals surface area contributed by atoms with Crippen LogP contribution in [-0.4, -0.2) is 31.2 Å². The van der Waals surface area contributed by atoms with Gasteiger partial charge in [-0.05, 0) is 33.6 Å². The Balaban J connectivity index is 2.43. The minimum Gasteiger partial charge on any atom is -0.376 e. The van der Waals surface area contributed by atoms with Gasteiger partial charge in [-0.15, -0.1) is 0 Å². The van der Waals surface area contributed by atoms with Crippen LogP contribution in [0, 0.1) is 5.41 Å². The van der Waals surface area contributed by atoms with Gasteiger partial charge in [-0.1, -0.05) is 0 Å². The van der Waals surface area contributed by atoms with Crippen molar-refractivity contribution in [3.05, 3.63) is 0 Å². The predicted molar refractivity (Wildman–Crippen MR) is 59.4 cm³/mol. The van der Waals surface area contributed by atoms with Gasteiger partial charge in [-0.25, -0.2) is 0 Å². The third-order valence-corrected chi connectivity index (χ3v) is 3.01. The Morgan fingerprint density at radius 3 is 2.80 bits per heavy atom. The van der Waals surface area contributed by atoms with Crippen LogP contribution in [0.3, 0.4) is 0 Å². The van der Waals surface area contributed by atoms with Gasteiger partial charge >= 0.3 is 0 Å². The summed E-state index contributed by atoms with van der Waals surface area (Å²) >= 11 is 0. The number of hydrogen-bond acceptors (Lipinski definition) is 3. The number of amides is 1. The Bertz CT molecular complexity index is 223. The van der Waals surface area contributed by atoms with Crippen molar-refractivity contribution in [3.8, 4) is 0 Å². The summed E-state index contributed by atoms with van der Waals surface area (Å²) in [6, 6.07) is 0.0748. The molecule has 1 rings (SSSR count). The van der Waals surface area contributed by atoms with Crippen LogP contribution >= 0.6 is 0 Å². The summed E-state index contributed by atoms with van der Waals surface area (Å²) in [6.45, 7) is 6.86. The Labute approximate surface area is 91.5 Å². The minimum absolute atomic E-state index is 0.00741. The lowest BCUT2D eigenvalue weighted by Crippen LogP contribution is -2.48. The van der Waals surface area contributed by atoms with Crippen LogP contribution in [0.1, 0.15) is 33.6 Å². The van der Waals surface area contributed by atoms with Crippen molar-refractivity contribution in [1.29, 1.82) is 0 Å². The first-order valence-electron chi connectivity index (χ1n) is 5.60. The van der Waals surface area contributed by atoms with Crippen molar-refractivity contribution in [1.82, 2.24) is 5.32 Å². The van der Waals surface area contributed by atoms with E-state index in [0.29, 0.717) is 6.54 Å². The zero-order valence-corrected chi connectivity index (χ0v) is 9.88. The zero-order valence-electron chi connectivity index (χ0n) is 9.88. The van der Waals surface area contributed by atoms with Gasteiger partial charge in [-0.2, -0.15) is 0 Å². The molecule has 1 heterocycles. The first kappa shape index (κ1) is 12.5. The summed E-state index contributed by atoms with van der Waals surface area (Å²) in [6.07, 6.45) is 2.29. The van der Waals surface area contributed by atoms with Crippen LogP contribution in [0.5, 0.6) is 0 Å². The third-order valence-electron chi connectivity index (χ3n) is 3.01. The van der Waals surface area contributed by atoms with Crippen molar-refractivity contribution in [3.63, 3.8) is 0 Å². The molecule has 0 aliphatic carbocycles. The highest BCUT2D eigenvalue weighted by Gasteiger charge is 2.30. The molecule has 3 N–H and O–H groups in total. The van der Waals surface area contributed by atoms with Crippen LogP contribution in [0.15, 0.2) is 0 Å². The minimum atomic E-state index is -0.493. The van der Waals surface area contributed by atoms with Gasteiger partial charge in [-0.3, -0.25) is 4.79 Å². The molecule has 0 spiro atoms. The standard InChI is InChI=1S/C11H22N2O2/c1-8(9-5-4-6-15-9)13-10(14)11(2,3)7-12/h8-9H,4-7,12H2,1-3H3,(H,13,14). The number of hydrogen-bond donors (Lipinski definition) is 2. The summed E-state index contributed by atoms with van der Waals surface area (Å²) in [5.41, 5.74) is 5.05. The third kappa shape index (κ3) is 3.18. The monoisotopic (exact) mass is 214 g/mol. The molecular weight excluding hydrogens is 192 g/mol. The van der Waals surface area contributed by atoms with E-state index in [9.17, 15) is 4.79 Å². The smallest absolute Gasteiger partial charge is 0.227 e. The summed E-state index contributed by atoms with van der Waals surface area (Å²) in [5.74, 6) is 0.00741. The van der Waals surface area contributed by atoms with Gasteiger partial charge < -0.3 is 15.8 Å². The van der Waals surface area contributed by atoms with Crippen molar-refractivity contribution in [2.75, 3.05) is 13.2 Å². The molecule has 4 nitrogen and oxygen atoms in total. The number of nitrogens with two attached hydrogens (primary N) is 1. The summed E-state index contributed by atoms with van der Waals surface area (Å²) in [7, 11) is 0. The maximum absolute atomic E-state index is 11.8. The molecule has 15 heavy (non-hydrogen) atoms. The lowest BCUT2D eigenvalue weighted by atomic mass is 9.92. The Morgan fingerprint density at radius 1 is 1.67 bits per heavy atom. The van der Waals surface area contributed by atoms with Crippen LogP contribution in [0.4, 0.5) is 0 Å². The van der Waals surface area contributed by atoms with Crippen LogP contribution in [0.2, 0.25) is 0 Å². The van der Waals surface area contributed by atoms with Gasteiger partial charge in [0.05, 0.1) is 17.6 Å². The average Bonchev–Trinajstić information content (AvgIpc) is 2.70. The Morgan fingerprint density at radius 2 is 2.33 bits per heavy atom. The molecule has 0 aromatic heterocycles. The Hall–Kier alpha value is -0.610. The molecule has 0 bridgehead atoms. The van der Waals surface area contributed by atoms with E-state index in [0.717, 1.165) is 19.4 Å². The average molecular weight is 214 g/mol. The molecule has 0 aromatic rings. The summed E-state index contributed by atoms with van der Waals surface area (Å²) in [4.78, 5) is 11.8. The number of rotatable bonds is 4. The fourth-order valence-corrected chi connectivity index (χ4v) is 1.58. The normalized spacial score (nSPS) is 23.9. The molecule has 0 saturated carbocycles. The maximum atomic E-state index is 11.8. The van der Waals surface area contributed by atoms with Crippen molar-refractivity contribution in [2.24, 2.45) is 11.1 Å². The SMILES string of the molecule is CC(NC(=O)C(C)(C)CN)C1CCCO1. The van der Waals surface area contributed by atoms with Gasteiger partial charge in [0.15, 0.2) is 0 Å². The van der Waals surface area contributed by atoms with Crippen molar-refractivity contribution >= 4 is 5.91 Å². The van der Waals surface area contributed by atoms with E-state index in [1.807, 2.05) is 20.8 Å². The summed E-state index contributed by atoms with van der Waals surface area (Å²) < 4.78 is 5.52. The molecule has 1 aliphatic rings. The number of ether oxygens (including phenoxy) is 1. The van der Waals surface area contributed by atoms with Gasteiger partial charge in [0.1, 0.15) is 0 Å². The lowest BCUT2D eigenvalue weighted by molar-refractivity contribution is -0.130. The highest BCUT2D eigenvalue weighted by atomic mass is 16.5. The first-order valence-corrected chi connectivity index (χ1v) is 5.60. The molecule has 0 radical (unpaired) electrons. The molecule has 2 unspecified atom stereocenters. The lowest BCUT2D eigenvalue weighted by Gasteiger charge is -2.26. The molecule has 88 valence electrons. The van der Waals surface area contributed by atoms with E-state index < -0.39 is 5.41 Å². The maximum Gasteiger partial charge on any atom is 0.227 e. The van der Waals surface area contributed by atoms with E-state index in [-0.39, 0.29) is 18.1 Å². The summed E-state index contributed by atoms with van der Waals surface area (Å²) in [5, 5.41) is 2.97. The van der Waals surface area contributed by atoms with E-state index in [1.54, 1.807) is 0 Å². The number of carbonyl (C=O) groups excluding carboxylic acids is 1. The fourth-order valence-electron chi connectivity index (χ4n) is 1.58. The van der Waals surface area contributed by atoms with Gasteiger partial charge in [0, 0.05) is 13.2 Å². The zero-order chi connectivity index (χ0) is 11.5. The molecule has 0 aromatic carbocycles. The van der Waals surface area contributed by atoms with Crippen molar-refractivity contribution in [2.45, 2.75) is 45.8 Å². The van der Waals surface area contributed by atoms with E-state index in [4.69, 9.17) is 10.5 Å². The van der Waals surface area contributed by atoms with Crippen LogP contribution < -0.4 is 11.1 Å². The van der Waals surface area contributed by atoms with E-state index in [2.05, 4.69) is 5.32 Å². The second kappa shape index (κ2) is 4.94. The van der Waals surface area contributed by atoms with E-state index in [1.165, 1.54) is 0 Å². The highest BCUT2D eigenvalue weighted by Crippen LogP contribution is 2.18. The fraction of sp³-hybridized carbons (Fsp3) is 0.909. The number of carbonyl (C=O) groups is 1. The highest BCUT2D eigenvalue weighted by molar-refractivity contribution is 5.82. The molecule has 1 aliphatic heterocycles. The quantitative estimate of drug-likeness (QED) is 0.722. The van der Waals surface area contributed by atoms with E-state index >= 15 is 0 Å².